The second-order valence-electron chi connectivity index (χ2n) is 6.24. The predicted molar refractivity (Wildman–Crippen MR) is 69.6 cm³/mol. The van der Waals surface area contributed by atoms with Crippen molar-refractivity contribution >= 4 is 0 Å². The van der Waals surface area contributed by atoms with Gasteiger partial charge in [-0.3, -0.25) is 0 Å². The van der Waals surface area contributed by atoms with Crippen LogP contribution in [0.2, 0.25) is 0 Å². The predicted octanol–water partition coefficient (Wildman–Crippen LogP) is 0.790. The molecule has 3 N–H and O–H groups in total. The van der Waals surface area contributed by atoms with Gasteiger partial charge in [-0.05, 0) is 25.7 Å². The van der Waals surface area contributed by atoms with E-state index in [1.54, 1.807) is 0 Å². The van der Waals surface area contributed by atoms with Gasteiger partial charge in [0, 0.05) is 38.0 Å². The first-order valence-electron chi connectivity index (χ1n) is 7.42. The third-order valence-corrected chi connectivity index (χ3v) is 5.48. The molecule has 0 aromatic carbocycles. The summed E-state index contributed by atoms with van der Waals surface area (Å²) in [6, 6.07) is 0. The minimum atomic E-state index is -0.688. The van der Waals surface area contributed by atoms with Crippen molar-refractivity contribution in [3.8, 4) is 0 Å². The highest BCUT2D eigenvalue weighted by atomic mass is 16.7. The number of aliphatic hydroxyl groups is 1. The number of nitrogens with two attached hydrogens (primary N) is 1. The van der Waals surface area contributed by atoms with E-state index >= 15 is 0 Å². The average Bonchev–Trinajstić information content (AvgIpc) is 2.92. The van der Waals surface area contributed by atoms with Crippen LogP contribution in [0.4, 0.5) is 0 Å². The summed E-state index contributed by atoms with van der Waals surface area (Å²) < 4.78 is 16.9. The number of hydrogen-bond acceptors (Lipinski definition) is 5. The topological polar surface area (TPSA) is 73.9 Å². The Morgan fingerprint density at radius 2 is 1.42 bits per heavy atom. The zero-order valence-electron chi connectivity index (χ0n) is 11.5. The maximum Gasteiger partial charge on any atom is 0.168 e. The van der Waals surface area contributed by atoms with Crippen molar-refractivity contribution in [1.82, 2.24) is 0 Å². The fourth-order valence-electron chi connectivity index (χ4n) is 3.98. The Morgan fingerprint density at radius 3 is 1.95 bits per heavy atom. The zero-order valence-corrected chi connectivity index (χ0v) is 11.5. The van der Waals surface area contributed by atoms with Gasteiger partial charge in [0.15, 0.2) is 5.79 Å². The largest absolute Gasteiger partial charge is 0.389 e. The molecule has 3 fully saturated rings. The van der Waals surface area contributed by atoms with Crippen LogP contribution in [0.5, 0.6) is 0 Å². The van der Waals surface area contributed by atoms with Gasteiger partial charge >= 0.3 is 0 Å². The molecule has 0 atom stereocenters. The lowest BCUT2D eigenvalue weighted by Crippen LogP contribution is -2.58. The first-order chi connectivity index (χ1) is 9.14. The summed E-state index contributed by atoms with van der Waals surface area (Å²) in [5.74, 6) is -0.423. The van der Waals surface area contributed by atoms with E-state index in [1.807, 2.05) is 0 Å². The third kappa shape index (κ3) is 2.21. The van der Waals surface area contributed by atoms with E-state index in [9.17, 15) is 5.11 Å². The summed E-state index contributed by atoms with van der Waals surface area (Å²) in [6.07, 6.45) is 4.68. The van der Waals surface area contributed by atoms with Crippen molar-refractivity contribution in [2.24, 2.45) is 11.1 Å². The lowest BCUT2D eigenvalue weighted by molar-refractivity contribution is -0.229. The normalized spacial score (nSPS) is 32.5. The number of hydrogen-bond donors (Lipinski definition) is 2. The highest BCUT2D eigenvalue weighted by Crippen LogP contribution is 2.51. The fourth-order valence-corrected chi connectivity index (χ4v) is 3.98. The Kier molecular flexibility index (Phi) is 3.60. The van der Waals surface area contributed by atoms with Crippen LogP contribution in [-0.2, 0) is 14.2 Å². The molecule has 0 unspecified atom stereocenters. The van der Waals surface area contributed by atoms with Crippen LogP contribution in [0.25, 0.3) is 0 Å². The lowest BCUT2D eigenvalue weighted by Gasteiger charge is -2.53. The molecule has 2 saturated heterocycles. The van der Waals surface area contributed by atoms with Crippen LogP contribution in [0.3, 0.4) is 0 Å². The number of rotatable bonds is 2. The minimum Gasteiger partial charge on any atom is -0.389 e. The van der Waals surface area contributed by atoms with Gasteiger partial charge < -0.3 is 25.1 Å². The maximum absolute atomic E-state index is 11.1. The third-order valence-electron chi connectivity index (χ3n) is 5.48. The summed E-state index contributed by atoms with van der Waals surface area (Å²) >= 11 is 0. The van der Waals surface area contributed by atoms with Crippen molar-refractivity contribution in [2.45, 2.75) is 49.9 Å². The van der Waals surface area contributed by atoms with Crippen molar-refractivity contribution in [3.05, 3.63) is 0 Å². The summed E-state index contributed by atoms with van der Waals surface area (Å²) in [6.45, 7) is 3.29. The first-order valence-corrected chi connectivity index (χ1v) is 7.42. The van der Waals surface area contributed by atoms with E-state index in [-0.39, 0.29) is 5.41 Å². The van der Waals surface area contributed by atoms with Crippen molar-refractivity contribution in [1.29, 1.82) is 0 Å². The molecule has 5 nitrogen and oxygen atoms in total. The SMILES string of the molecule is NCC1(C2(O)CCC3(CC2)OCCO3)CCOCC1. The van der Waals surface area contributed by atoms with Crippen molar-refractivity contribution < 1.29 is 19.3 Å². The molecule has 1 spiro atoms. The van der Waals surface area contributed by atoms with Crippen LogP contribution in [-0.4, -0.2) is 49.5 Å². The van der Waals surface area contributed by atoms with Gasteiger partial charge in [0.1, 0.15) is 0 Å². The van der Waals surface area contributed by atoms with E-state index in [1.165, 1.54) is 0 Å². The standard InChI is InChI=1S/C14H25NO4/c15-11-12(5-7-17-8-6-12)13(16)1-3-14(4-2-13)18-9-10-19-14/h16H,1-11,15H2. The zero-order chi connectivity index (χ0) is 13.4. The Hall–Kier alpha value is -0.200. The van der Waals surface area contributed by atoms with E-state index in [2.05, 4.69) is 0 Å². The van der Waals surface area contributed by atoms with E-state index in [0.717, 1.165) is 25.7 Å². The van der Waals surface area contributed by atoms with Crippen molar-refractivity contribution in [3.63, 3.8) is 0 Å². The fraction of sp³-hybridized carbons (Fsp3) is 1.00. The van der Waals surface area contributed by atoms with Crippen LogP contribution in [0.1, 0.15) is 38.5 Å². The molecule has 1 saturated carbocycles. The molecule has 3 rings (SSSR count). The molecule has 2 aliphatic heterocycles. The molecule has 5 heteroatoms. The summed E-state index contributed by atoms with van der Waals surface area (Å²) in [7, 11) is 0. The van der Waals surface area contributed by atoms with E-state index < -0.39 is 11.4 Å². The molecule has 0 bridgehead atoms. The number of ether oxygens (including phenoxy) is 3. The summed E-state index contributed by atoms with van der Waals surface area (Å²) in [5, 5.41) is 11.1. The minimum absolute atomic E-state index is 0.189. The Bertz CT molecular complexity index is 311. The van der Waals surface area contributed by atoms with Crippen LogP contribution in [0.15, 0.2) is 0 Å². The molecule has 0 aromatic heterocycles. The Balaban J connectivity index is 1.73. The van der Waals surface area contributed by atoms with Gasteiger partial charge in [0.25, 0.3) is 0 Å². The highest BCUT2D eigenvalue weighted by Gasteiger charge is 2.55. The maximum atomic E-state index is 11.1. The first kappa shape index (κ1) is 13.8. The average molecular weight is 271 g/mol. The van der Waals surface area contributed by atoms with Crippen molar-refractivity contribution in [2.75, 3.05) is 33.0 Å². The summed E-state index contributed by atoms with van der Waals surface area (Å²) in [5.41, 5.74) is 5.14. The van der Waals surface area contributed by atoms with Gasteiger partial charge in [0.05, 0.1) is 18.8 Å². The van der Waals surface area contributed by atoms with E-state index in [4.69, 9.17) is 19.9 Å². The quantitative estimate of drug-likeness (QED) is 0.777. The molecule has 3 aliphatic rings. The van der Waals surface area contributed by atoms with Crippen LogP contribution < -0.4 is 5.73 Å². The summed E-state index contributed by atoms with van der Waals surface area (Å²) in [4.78, 5) is 0. The van der Waals surface area contributed by atoms with Gasteiger partial charge in [-0.1, -0.05) is 0 Å². The smallest absolute Gasteiger partial charge is 0.168 e. The molecular formula is C14H25NO4. The Morgan fingerprint density at radius 1 is 0.842 bits per heavy atom. The van der Waals surface area contributed by atoms with Gasteiger partial charge in [-0.2, -0.15) is 0 Å². The molecule has 0 amide bonds. The van der Waals surface area contributed by atoms with Crippen LogP contribution in [0, 0.1) is 5.41 Å². The molecule has 0 radical (unpaired) electrons. The lowest BCUT2D eigenvalue weighted by atomic mass is 9.60. The van der Waals surface area contributed by atoms with Gasteiger partial charge in [-0.15, -0.1) is 0 Å². The molecule has 2 heterocycles. The van der Waals surface area contributed by atoms with Crippen LogP contribution >= 0.6 is 0 Å². The molecule has 0 aromatic rings. The molecule has 110 valence electrons. The monoisotopic (exact) mass is 271 g/mol. The highest BCUT2D eigenvalue weighted by molar-refractivity contribution is 5.04. The second kappa shape index (κ2) is 4.97. The molecule has 1 aliphatic carbocycles. The van der Waals surface area contributed by atoms with Gasteiger partial charge in [0.2, 0.25) is 0 Å². The molecular weight excluding hydrogens is 246 g/mol. The Labute approximate surface area is 114 Å². The molecule has 19 heavy (non-hydrogen) atoms. The van der Waals surface area contributed by atoms with Gasteiger partial charge in [-0.25, -0.2) is 0 Å². The van der Waals surface area contributed by atoms with E-state index in [0.29, 0.717) is 45.8 Å². The second-order valence-corrected chi connectivity index (χ2v) is 6.24.